The monoisotopic (exact) mass is 530 g/mol. The molecule has 3 aromatic rings. The zero-order valence-corrected chi connectivity index (χ0v) is 22.8. The van der Waals surface area contributed by atoms with Gasteiger partial charge in [0.15, 0.2) is 0 Å². The number of nitriles is 1. The van der Waals surface area contributed by atoms with Crippen molar-refractivity contribution in [3.63, 3.8) is 0 Å². The SMILES string of the molecule is C=CC(=O)Nc1cc(Nc2ncc3cc(C#N)c(=O)n(C4CCCC4)c3n2)c(OC)cc1N(C)CCN(C)C. The number of pyridine rings is 1. The van der Waals surface area contributed by atoms with Gasteiger partial charge in [-0.1, -0.05) is 19.4 Å². The summed E-state index contributed by atoms with van der Waals surface area (Å²) in [7, 11) is 7.51. The van der Waals surface area contributed by atoms with E-state index in [0.717, 1.165) is 44.5 Å². The molecule has 1 aromatic carbocycles. The van der Waals surface area contributed by atoms with Crippen molar-refractivity contribution < 1.29 is 9.53 Å². The van der Waals surface area contributed by atoms with Crippen molar-refractivity contribution >= 4 is 40.0 Å². The molecule has 1 aliphatic rings. The van der Waals surface area contributed by atoms with Gasteiger partial charge in [-0.2, -0.15) is 10.2 Å². The second kappa shape index (κ2) is 12.0. The number of nitrogens with zero attached hydrogens (tertiary/aromatic N) is 6. The van der Waals surface area contributed by atoms with Gasteiger partial charge in [-0.25, -0.2) is 4.98 Å². The van der Waals surface area contributed by atoms with Gasteiger partial charge in [-0.15, -0.1) is 0 Å². The Morgan fingerprint density at radius 2 is 1.97 bits per heavy atom. The van der Waals surface area contributed by atoms with Crippen molar-refractivity contribution in [2.45, 2.75) is 31.7 Å². The van der Waals surface area contributed by atoms with E-state index in [9.17, 15) is 14.9 Å². The van der Waals surface area contributed by atoms with E-state index in [1.54, 1.807) is 23.9 Å². The van der Waals surface area contributed by atoms with Crippen LogP contribution in [-0.2, 0) is 4.79 Å². The molecular weight excluding hydrogens is 496 g/mol. The molecule has 11 nitrogen and oxygen atoms in total. The second-order valence-corrected chi connectivity index (χ2v) is 9.87. The molecule has 204 valence electrons. The number of aromatic nitrogens is 3. The van der Waals surface area contributed by atoms with Crippen LogP contribution in [0.15, 0.2) is 41.8 Å². The molecule has 2 heterocycles. The van der Waals surface area contributed by atoms with Gasteiger partial charge < -0.3 is 25.2 Å². The highest BCUT2D eigenvalue weighted by atomic mass is 16.5. The van der Waals surface area contributed by atoms with Crippen LogP contribution in [0, 0.1) is 11.3 Å². The molecule has 2 N–H and O–H groups in total. The average Bonchev–Trinajstić information content (AvgIpc) is 3.46. The number of benzene rings is 1. The Bertz CT molecular complexity index is 1480. The number of rotatable bonds is 10. The van der Waals surface area contributed by atoms with Crippen LogP contribution in [0.4, 0.5) is 23.0 Å². The second-order valence-electron chi connectivity index (χ2n) is 9.87. The number of likely N-dealkylation sites (N-methyl/N-ethyl adjacent to an activating group) is 2. The Kier molecular flexibility index (Phi) is 8.46. The van der Waals surface area contributed by atoms with Crippen LogP contribution in [-0.4, -0.2) is 66.7 Å². The van der Waals surface area contributed by atoms with Crippen molar-refractivity contribution in [3.8, 4) is 11.8 Å². The molecule has 1 amide bonds. The van der Waals surface area contributed by atoms with Crippen molar-refractivity contribution in [3.05, 3.63) is 53.0 Å². The summed E-state index contributed by atoms with van der Waals surface area (Å²) in [5.74, 6) is 0.436. The minimum atomic E-state index is -0.343. The first kappa shape index (κ1) is 27.6. The van der Waals surface area contributed by atoms with E-state index in [1.807, 2.05) is 38.2 Å². The average molecular weight is 531 g/mol. The lowest BCUT2D eigenvalue weighted by atomic mass is 10.2. The van der Waals surface area contributed by atoms with Crippen LogP contribution < -0.4 is 25.8 Å². The third kappa shape index (κ3) is 6.02. The van der Waals surface area contributed by atoms with Gasteiger partial charge in [0.05, 0.1) is 24.2 Å². The molecule has 4 rings (SSSR count). The number of ether oxygens (including phenoxy) is 1. The topological polar surface area (TPSA) is 128 Å². The number of carbonyl (C=O) groups excluding carboxylic acids is 1. The molecule has 0 bridgehead atoms. The number of carbonyl (C=O) groups is 1. The van der Waals surface area contributed by atoms with Gasteiger partial charge in [-0.05, 0) is 45.1 Å². The zero-order valence-electron chi connectivity index (χ0n) is 22.8. The number of methoxy groups -OCH3 is 1. The maximum atomic E-state index is 13.1. The first-order valence-electron chi connectivity index (χ1n) is 12.9. The molecule has 0 spiro atoms. The molecule has 1 fully saturated rings. The predicted molar refractivity (Wildman–Crippen MR) is 153 cm³/mol. The van der Waals surface area contributed by atoms with E-state index in [-0.39, 0.29) is 29.0 Å². The van der Waals surface area contributed by atoms with E-state index in [0.29, 0.717) is 28.2 Å². The Balaban J connectivity index is 1.78. The summed E-state index contributed by atoms with van der Waals surface area (Å²) in [6.45, 7) is 5.10. The van der Waals surface area contributed by atoms with Gasteiger partial charge in [0.1, 0.15) is 23.0 Å². The smallest absolute Gasteiger partial charge is 0.270 e. The molecule has 0 atom stereocenters. The molecule has 11 heteroatoms. The first-order chi connectivity index (χ1) is 18.7. The Morgan fingerprint density at radius 1 is 1.23 bits per heavy atom. The summed E-state index contributed by atoms with van der Waals surface area (Å²) in [5.41, 5.74) is 2.09. The van der Waals surface area contributed by atoms with Crippen LogP contribution >= 0.6 is 0 Å². The summed E-state index contributed by atoms with van der Waals surface area (Å²) in [6.07, 6.45) is 6.59. The maximum Gasteiger partial charge on any atom is 0.270 e. The summed E-state index contributed by atoms with van der Waals surface area (Å²) in [6, 6.07) is 7.13. The van der Waals surface area contributed by atoms with Crippen molar-refractivity contribution in [2.24, 2.45) is 0 Å². The standard InChI is InChI=1S/C28H34N8O3/c1-6-25(37)31-21-14-22(24(39-5)15-23(21)35(4)12-11-34(2)3)32-28-30-17-19-13-18(16-29)27(38)36(26(19)33-28)20-9-7-8-10-20/h6,13-15,17,20H,1,7-12H2,2-5H3,(H,31,37)(H,30,32,33). The number of amides is 1. The number of fused-ring (bicyclic) bond motifs is 1. The first-order valence-corrected chi connectivity index (χ1v) is 12.9. The third-order valence-electron chi connectivity index (χ3n) is 6.88. The van der Waals surface area contributed by atoms with Crippen LogP contribution in [0.1, 0.15) is 37.3 Å². The van der Waals surface area contributed by atoms with Crippen molar-refractivity contribution in [1.82, 2.24) is 19.4 Å². The van der Waals surface area contributed by atoms with E-state index in [1.165, 1.54) is 12.1 Å². The Labute approximate surface area is 227 Å². The highest BCUT2D eigenvalue weighted by Crippen LogP contribution is 2.38. The molecule has 0 unspecified atom stereocenters. The molecular formula is C28H34N8O3. The fourth-order valence-corrected chi connectivity index (χ4v) is 4.79. The van der Waals surface area contributed by atoms with E-state index >= 15 is 0 Å². The number of hydrogen-bond donors (Lipinski definition) is 2. The van der Waals surface area contributed by atoms with Crippen molar-refractivity contribution in [2.75, 3.05) is 56.9 Å². The van der Waals surface area contributed by atoms with Gasteiger partial charge in [0.2, 0.25) is 11.9 Å². The lowest BCUT2D eigenvalue weighted by molar-refractivity contribution is -0.111. The quantitative estimate of drug-likeness (QED) is 0.377. The zero-order chi connectivity index (χ0) is 28.1. The normalized spacial score (nSPS) is 13.3. The van der Waals surface area contributed by atoms with E-state index in [4.69, 9.17) is 9.72 Å². The number of anilines is 4. The fourth-order valence-electron chi connectivity index (χ4n) is 4.79. The summed E-state index contributed by atoms with van der Waals surface area (Å²) >= 11 is 0. The van der Waals surface area contributed by atoms with Gasteiger partial charge in [0, 0.05) is 43.8 Å². The summed E-state index contributed by atoms with van der Waals surface area (Å²) in [4.78, 5) is 38.6. The highest BCUT2D eigenvalue weighted by molar-refractivity contribution is 6.02. The van der Waals surface area contributed by atoms with Crippen LogP contribution in [0.3, 0.4) is 0 Å². The third-order valence-corrected chi connectivity index (χ3v) is 6.88. The molecule has 0 aliphatic heterocycles. The fraction of sp³-hybridized carbons (Fsp3) is 0.393. The summed E-state index contributed by atoms with van der Waals surface area (Å²) < 4.78 is 7.33. The molecule has 1 aliphatic carbocycles. The molecule has 0 radical (unpaired) electrons. The van der Waals surface area contributed by atoms with Crippen molar-refractivity contribution in [1.29, 1.82) is 5.26 Å². The Morgan fingerprint density at radius 3 is 2.62 bits per heavy atom. The highest BCUT2D eigenvalue weighted by Gasteiger charge is 2.23. The Hall–Kier alpha value is -4.43. The lowest BCUT2D eigenvalue weighted by Crippen LogP contribution is -2.29. The van der Waals surface area contributed by atoms with Gasteiger partial charge in [0.25, 0.3) is 5.56 Å². The molecule has 39 heavy (non-hydrogen) atoms. The van der Waals surface area contributed by atoms with Crippen LogP contribution in [0.2, 0.25) is 0 Å². The molecule has 2 aromatic heterocycles. The van der Waals surface area contributed by atoms with Gasteiger partial charge in [-0.3, -0.25) is 14.2 Å². The van der Waals surface area contributed by atoms with E-state index in [2.05, 4.69) is 27.1 Å². The number of nitrogens with one attached hydrogen (secondary N) is 2. The number of hydrogen-bond acceptors (Lipinski definition) is 9. The predicted octanol–water partition coefficient (Wildman–Crippen LogP) is 3.65. The molecule has 0 saturated heterocycles. The molecule has 1 saturated carbocycles. The summed E-state index contributed by atoms with van der Waals surface area (Å²) in [5, 5.41) is 16.2. The maximum absolute atomic E-state index is 13.1. The largest absolute Gasteiger partial charge is 0.494 e. The van der Waals surface area contributed by atoms with Crippen LogP contribution in [0.25, 0.3) is 11.0 Å². The van der Waals surface area contributed by atoms with Crippen LogP contribution in [0.5, 0.6) is 5.75 Å². The lowest BCUT2D eigenvalue weighted by Gasteiger charge is -2.26. The van der Waals surface area contributed by atoms with E-state index < -0.39 is 0 Å². The minimum absolute atomic E-state index is 0.0108. The van der Waals surface area contributed by atoms with Gasteiger partial charge >= 0.3 is 0 Å². The minimum Gasteiger partial charge on any atom is -0.494 e.